The van der Waals surface area contributed by atoms with Crippen LogP contribution in [0.15, 0.2) is 54.6 Å². The van der Waals surface area contributed by atoms with Crippen molar-refractivity contribution >= 4 is 27.5 Å². The molecule has 3 aromatic carbocycles. The van der Waals surface area contributed by atoms with Crippen molar-refractivity contribution in [1.29, 1.82) is 0 Å². The molecule has 0 heterocycles. The van der Waals surface area contributed by atoms with Crippen molar-refractivity contribution in [3.8, 4) is 0 Å². The maximum Gasteiger partial charge on any atom is 0.339 e. The van der Waals surface area contributed by atoms with E-state index in [0.717, 1.165) is 44.9 Å². The lowest BCUT2D eigenvalue weighted by Gasteiger charge is -2.58. The van der Waals surface area contributed by atoms with E-state index in [4.69, 9.17) is 4.74 Å². The largest absolute Gasteiger partial charge is 0.458 e. The van der Waals surface area contributed by atoms with Crippen molar-refractivity contribution < 1.29 is 9.53 Å². The molecular weight excluding hydrogens is 356 g/mol. The number of rotatable bonds is 3. The first-order valence-electron chi connectivity index (χ1n) is 11.2. The van der Waals surface area contributed by atoms with Crippen molar-refractivity contribution in [3.63, 3.8) is 0 Å². The van der Waals surface area contributed by atoms with Gasteiger partial charge in [-0.25, -0.2) is 4.79 Å². The van der Waals surface area contributed by atoms with Crippen LogP contribution >= 0.6 is 0 Å². The molecule has 0 aromatic heterocycles. The van der Waals surface area contributed by atoms with Gasteiger partial charge in [-0.2, -0.15) is 0 Å². The Bertz CT molecular complexity index is 1020. The van der Waals surface area contributed by atoms with Crippen LogP contribution in [0.25, 0.3) is 21.5 Å². The van der Waals surface area contributed by atoms with Gasteiger partial charge >= 0.3 is 5.97 Å². The van der Waals surface area contributed by atoms with Crippen molar-refractivity contribution in [1.82, 2.24) is 0 Å². The molecule has 4 fully saturated rings. The predicted octanol–water partition coefficient (Wildman–Crippen LogP) is 6.75. The smallest absolute Gasteiger partial charge is 0.339 e. The molecule has 4 saturated carbocycles. The fourth-order valence-electron chi connectivity index (χ4n) is 7.25. The summed E-state index contributed by atoms with van der Waals surface area (Å²) >= 11 is 0. The Kier molecular flexibility index (Phi) is 3.82. The van der Waals surface area contributed by atoms with Crippen LogP contribution in [0.3, 0.4) is 0 Å². The quantitative estimate of drug-likeness (QED) is 0.368. The zero-order valence-corrected chi connectivity index (χ0v) is 17.1. The van der Waals surface area contributed by atoms with E-state index in [9.17, 15) is 4.79 Å². The van der Waals surface area contributed by atoms with Gasteiger partial charge in [-0.1, -0.05) is 48.5 Å². The van der Waals surface area contributed by atoms with Crippen LogP contribution in [-0.2, 0) is 4.74 Å². The zero-order valence-electron chi connectivity index (χ0n) is 17.1. The molecule has 1 unspecified atom stereocenters. The Morgan fingerprint density at radius 1 is 0.862 bits per heavy atom. The van der Waals surface area contributed by atoms with Crippen molar-refractivity contribution in [2.45, 2.75) is 51.6 Å². The molecule has 2 nitrogen and oxygen atoms in total. The highest BCUT2D eigenvalue weighted by Crippen LogP contribution is 2.61. The normalized spacial score (nSPS) is 31.3. The maximum absolute atomic E-state index is 13.6. The third-order valence-corrected chi connectivity index (χ3v) is 8.21. The second kappa shape index (κ2) is 6.32. The topological polar surface area (TPSA) is 26.3 Å². The van der Waals surface area contributed by atoms with E-state index in [1.54, 1.807) is 0 Å². The highest BCUT2D eigenvalue weighted by atomic mass is 16.5. The molecule has 3 aromatic rings. The molecule has 4 bridgehead atoms. The first-order chi connectivity index (χ1) is 14.1. The van der Waals surface area contributed by atoms with Crippen LogP contribution < -0.4 is 0 Å². The number of carbonyl (C=O) groups is 1. The van der Waals surface area contributed by atoms with Gasteiger partial charge in [-0.3, -0.25) is 0 Å². The lowest BCUT2D eigenvalue weighted by atomic mass is 9.48. The Morgan fingerprint density at radius 3 is 1.86 bits per heavy atom. The lowest BCUT2D eigenvalue weighted by Crippen LogP contribution is -2.51. The van der Waals surface area contributed by atoms with Gasteiger partial charge in [0.25, 0.3) is 0 Å². The van der Waals surface area contributed by atoms with Crippen LogP contribution in [0, 0.1) is 23.2 Å². The summed E-state index contributed by atoms with van der Waals surface area (Å²) in [7, 11) is 0. The standard InChI is InChI=1S/C27H28O2/c1-17(27-14-18-10-19(15-27)12-20(11-18)16-27)29-26(28)25-23-8-4-2-6-21(23)13-22-7-3-5-9-24(22)25/h2-9,13,17-20H,10-12,14-16H2,1H3. The van der Waals surface area contributed by atoms with E-state index < -0.39 is 0 Å². The maximum atomic E-state index is 13.6. The van der Waals surface area contributed by atoms with E-state index in [-0.39, 0.29) is 17.5 Å². The van der Waals surface area contributed by atoms with E-state index in [0.29, 0.717) is 0 Å². The average Bonchev–Trinajstić information content (AvgIpc) is 2.70. The molecule has 0 aliphatic heterocycles. The van der Waals surface area contributed by atoms with Crippen LogP contribution in [-0.4, -0.2) is 12.1 Å². The first-order valence-corrected chi connectivity index (χ1v) is 11.2. The molecule has 4 aliphatic rings. The Balaban J connectivity index is 1.38. The summed E-state index contributed by atoms with van der Waals surface area (Å²) in [5.74, 6) is 2.43. The molecule has 1 atom stereocenters. The molecule has 2 heteroatoms. The summed E-state index contributed by atoms with van der Waals surface area (Å²) in [6.45, 7) is 2.17. The zero-order chi connectivity index (χ0) is 19.6. The molecular formula is C27H28O2. The number of fused-ring (bicyclic) bond motifs is 2. The van der Waals surface area contributed by atoms with E-state index in [2.05, 4.69) is 25.1 Å². The third kappa shape index (κ3) is 2.72. The summed E-state index contributed by atoms with van der Waals surface area (Å²) < 4.78 is 6.30. The third-order valence-electron chi connectivity index (χ3n) is 8.21. The molecule has 0 N–H and O–H groups in total. The van der Waals surface area contributed by atoms with Gasteiger partial charge in [0.05, 0.1) is 5.56 Å². The molecule has 4 aliphatic carbocycles. The fraction of sp³-hybridized carbons (Fsp3) is 0.444. The van der Waals surface area contributed by atoms with Gasteiger partial charge in [-0.15, -0.1) is 0 Å². The molecule has 0 radical (unpaired) electrons. The van der Waals surface area contributed by atoms with Gasteiger partial charge in [0.15, 0.2) is 0 Å². The monoisotopic (exact) mass is 384 g/mol. The Labute approximate surface area is 172 Å². The van der Waals surface area contributed by atoms with E-state index in [1.165, 1.54) is 38.5 Å². The van der Waals surface area contributed by atoms with E-state index in [1.807, 2.05) is 36.4 Å². The van der Waals surface area contributed by atoms with E-state index >= 15 is 0 Å². The minimum Gasteiger partial charge on any atom is -0.458 e. The molecule has 7 rings (SSSR count). The van der Waals surface area contributed by atoms with Crippen LogP contribution in [0.1, 0.15) is 55.8 Å². The molecule has 148 valence electrons. The number of hydrogen-bond acceptors (Lipinski definition) is 2. The lowest BCUT2D eigenvalue weighted by molar-refractivity contribution is -0.118. The summed E-state index contributed by atoms with van der Waals surface area (Å²) in [6, 6.07) is 18.5. The summed E-state index contributed by atoms with van der Waals surface area (Å²) in [4.78, 5) is 13.6. The van der Waals surface area contributed by atoms with Crippen molar-refractivity contribution in [2.75, 3.05) is 0 Å². The first kappa shape index (κ1) is 17.5. The summed E-state index contributed by atoms with van der Waals surface area (Å²) in [5, 5.41) is 4.18. The second-order valence-electron chi connectivity index (χ2n) is 10.0. The molecule has 0 amide bonds. The minimum absolute atomic E-state index is 0.0128. The van der Waals surface area contributed by atoms with Gasteiger partial charge in [0.1, 0.15) is 6.10 Å². The second-order valence-corrected chi connectivity index (χ2v) is 10.0. The van der Waals surface area contributed by atoms with Crippen LogP contribution in [0.4, 0.5) is 0 Å². The van der Waals surface area contributed by atoms with Crippen LogP contribution in [0.5, 0.6) is 0 Å². The number of esters is 1. The van der Waals surface area contributed by atoms with Gasteiger partial charge in [0, 0.05) is 5.41 Å². The summed E-state index contributed by atoms with van der Waals surface area (Å²) in [6.07, 6.45) is 7.98. The summed E-state index contributed by atoms with van der Waals surface area (Å²) in [5.41, 5.74) is 0.945. The fourth-order valence-corrected chi connectivity index (χ4v) is 7.25. The highest BCUT2D eigenvalue weighted by molar-refractivity contribution is 6.16. The number of hydrogen-bond donors (Lipinski definition) is 0. The highest BCUT2D eigenvalue weighted by Gasteiger charge is 2.54. The van der Waals surface area contributed by atoms with Crippen LogP contribution in [0.2, 0.25) is 0 Å². The number of benzene rings is 3. The average molecular weight is 385 g/mol. The Hall–Kier alpha value is -2.35. The number of carbonyl (C=O) groups excluding carboxylic acids is 1. The van der Waals surface area contributed by atoms with Gasteiger partial charge in [0.2, 0.25) is 0 Å². The molecule has 29 heavy (non-hydrogen) atoms. The van der Waals surface area contributed by atoms with Gasteiger partial charge < -0.3 is 4.74 Å². The SMILES string of the molecule is CC(OC(=O)c1c2ccccc2cc2ccccc12)C12CC3CC(CC(C3)C1)C2. The van der Waals surface area contributed by atoms with Crippen molar-refractivity contribution in [2.24, 2.45) is 23.2 Å². The van der Waals surface area contributed by atoms with Crippen molar-refractivity contribution in [3.05, 3.63) is 60.2 Å². The molecule has 0 saturated heterocycles. The van der Waals surface area contributed by atoms with Gasteiger partial charge in [-0.05, 0) is 90.8 Å². The molecule has 0 spiro atoms. The minimum atomic E-state index is -0.152. The Morgan fingerprint density at radius 2 is 1.34 bits per heavy atom. The number of ether oxygens (including phenoxy) is 1. The predicted molar refractivity (Wildman–Crippen MR) is 117 cm³/mol.